The smallest absolute Gasteiger partial charge is 0.111 e. The maximum absolute atomic E-state index is 11.5. The molecule has 0 saturated heterocycles. The summed E-state index contributed by atoms with van der Waals surface area (Å²) < 4.78 is 6.95. The molecule has 1 saturated carbocycles. The van der Waals surface area contributed by atoms with E-state index < -0.39 is 5.60 Å². The van der Waals surface area contributed by atoms with Gasteiger partial charge in [0.15, 0.2) is 0 Å². The third-order valence-electron chi connectivity index (χ3n) is 4.63. The Morgan fingerprint density at radius 1 is 1.48 bits per heavy atom. The molecule has 2 atom stereocenters. The highest BCUT2D eigenvalue weighted by Crippen LogP contribution is 2.51. The molecular formula is C16H27ClN2O2. The highest BCUT2D eigenvalue weighted by molar-refractivity contribution is 6.31. The Balaban J connectivity index is 2.43. The highest BCUT2D eigenvalue weighted by Gasteiger charge is 2.48. The Labute approximate surface area is 132 Å². The minimum atomic E-state index is -0.905. The second-order valence-corrected chi connectivity index (χ2v) is 7.55. The van der Waals surface area contributed by atoms with Crippen molar-refractivity contribution >= 4 is 11.6 Å². The average molecular weight is 315 g/mol. The lowest BCUT2D eigenvalue weighted by atomic mass is 9.62. The lowest BCUT2D eigenvalue weighted by Gasteiger charge is -2.47. The first-order chi connectivity index (χ1) is 9.80. The SMILES string of the molecule is COCCn1ncc(Cl)c1C1(O)CCCCC1C(C)(C)C. The normalized spacial score (nSPS) is 27.0. The fourth-order valence-corrected chi connectivity index (χ4v) is 4.03. The van der Waals surface area contributed by atoms with E-state index in [4.69, 9.17) is 16.3 Å². The van der Waals surface area contributed by atoms with Crippen molar-refractivity contribution in [2.24, 2.45) is 11.3 Å². The lowest BCUT2D eigenvalue weighted by molar-refractivity contribution is -0.102. The van der Waals surface area contributed by atoms with E-state index in [1.54, 1.807) is 13.3 Å². The first-order valence-electron chi connectivity index (χ1n) is 7.74. The molecule has 1 aromatic heterocycles. The van der Waals surface area contributed by atoms with Crippen molar-refractivity contribution in [1.29, 1.82) is 0 Å². The number of methoxy groups -OCH3 is 1. The fraction of sp³-hybridized carbons (Fsp3) is 0.812. The molecule has 1 aliphatic rings. The van der Waals surface area contributed by atoms with Crippen molar-refractivity contribution in [3.05, 3.63) is 16.9 Å². The van der Waals surface area contributed by atoms with Crippen LogP contribution in [0.1, 0.15) is 52.1 Å². The standard InChI is InChI=1S/C16H27ClN2O2/c1-15(2,3)13-7-5-6-8-16(13,20)14-12(17)11-18-19(14)9-10-21-4/h11,13,20H,5-10H2,1-4H3. The number of nitrogens with zero attached hydrogens (tertiary/aromatic N) is 2. The molecule has 0 aromatic carbocycles. The third-order valence-corrected chi connectivity index (χ3v) is 4.91. The van der Waals surface area contributed by atoms with Crippen LogP contribution in [0.4, 0.5) is 0 Å². The summed E-state index contributed by atoms with van der Waals surface area (Å²) in [5.41, 5.74) is -0.118. The highest BCUT2D eigenvalue weighted by atomic mass is 35.5. The molecule has 120 valence electrons. The van der Waals surface area contributed by atoms with Gasteiger partial charge in [0, 0.05) is 7.11 Å². The Morgan fingerprint density at radius 2 is 2.19 bits per heavy atom. The number of hydrogen-bond donors (Lipinski definition) is 1. The van der Waals surface area contributed by atoms with Gasteiger partial charge in [0.2, 0.25) is 0 Å². The van der Waals surface area contributed by atoms with Crippen LogP contribution in [0, 0.1) is 11.3 Å². The van der Waals surface area contributed by atoms with Gasteiger partial charge in [-0.25, -0.2) is 0 Å². The van der Waals surface area contributed by atoms with Crippen LogP contribution in [0.2, 0.25) is 5.02 Å². The molecule has 0 aliphatic heterocycles. The van der Waals surface area contributed by atoms with Crippen molar-refractivity contribution in [2.45, 2.75) is 58.6 Å². The van der Waals surface area contributed by atoms with Crippen molar-refractivity contribution in [3.8, 4) is 0 Å². The summed E-state index contributed by atoms with van der Waals surface area (Å²) in [5.74, 6) is 0.175. The molecule has 1 aliphatic carbocycles. The summed E-state index contributed by atoms with van der Waals surface area (Å²) in [4.78, 5) is 0. The molecule has 1 fully saturated rings. The number of aromatic nitrogens is 2. The lowest BCUT2D eigenvalue weighted by Crippen LogP contribution is -2.46. The zero-order chi connectivity index (χ0) is 15.7. The topological polar surface area (TPSA) is 47.3 Å². The van der Waals surface area contributed by atoms with Gasteiger partial charge < -0.3 is 9.84 Å². The van der Waals surface area contributed by atoms with Crippen LogP contribution >= 0.6 is 11.6 Å². The number of rotatable bonds is 4. The van der Waals surface area contributed by atoms with Gasteiger partial charge in [-0.15, -0.1) is 0 Å². The molecule has 5 heteroatoms. The predicted octanol–water partition coefficient (Wildman–Crippen LogP) is 3.61. The quantitative estimate of drug-likeness (QED) is 0.923. The molecule has 0 radical (unpaired) electrons. The molecule has 0 bridgehead atoms. The molecule has 0 amide bonds. The Hall–Kier alpha value is -0.580. The van der Waals surface area contributed by atoms with Crippen LogP contribution < -0.4 is 0 Å². The van der Waals surface area contributed by atoms with Gasteiger partial charge in [-0.3, -0.25) is 4.68 Å². The second kappa shape index (κ2) is 6.27. The molecule has 1 aromatic rings. The van der Waals surface area contributed by atoms with E-state index in [1.165, 1.54) is 0 Å². The Bertz CT molecular complexity index is 481. The minimum absolute atomic E-state index is 0.0227. The molecule has 2 unspecified atom stereocenters. The summed E-state index contributed by atoms with van der Waals surface area (Å²) in [5, 5.41) is 16.4. The molecular weight excluding hydrogens is 288 g/mol. The van der Waals surface area contributed by atoms with Crippen LogP contribution in [-0.4, -0.2) is 28.6 Å². The zero-order valence-corrected chi connectivity index (χ0v) is 14.3. The molecule has 1 heterocycles. The molecule has 21 heavy (non-hydrogen) atoms. The predicted molar refractivity (Wildman–Crippen MR) is 84.4 cm³/mol. The monoisotopic (exact) mass is 314 g/mol. The Kier molecular flexibility index (Phi) is 5.01. The third kappa shape index (κ3) is 3.27. The number of hydrogen-bond acceptors (Lipinski definition) is 3. The molecule has 1 N–H and O–H groups in total. The van der Waals surface area contributed by atoms with Gasteiger partial charge in [-0.05, 0) is 24.2 Å². The van der Waals surface area contributed by atoms with E-state index in [0.717, 1.165) is 31.4 Å². The number of halogens is 1. The van der Waals surface area contributed by atoms with Gasteiger partial charge in [0.05, 0.1) is 30.1 Å². The van der Waals surface area contributed by atoms with Gasteiger partial charge in [0.1, 0.15) is 5.60 Å². The van der Waals surface area contributed by atoms with E-state index >= 15 is 0 Å². The minimum Gasteiger partial charge on any atom is -0.383 e. The number of aliphatic hydroxyl groups is 1. The van der Waals surface area contributed by atoms with Crippen molar-refractivity contribution in [1.82, 2.24) is 9.78 Å². The maximum Gasteiger partial charge on any atom is 0.111 e. The van der Waals surface area contributed by atoms with E-state index in [1.807, 2.05) is 4.68 Å². The van der Waals surface area contributed by atoms with E-state index in [2.05, 4.69) is 25.9 Å². The number of ether oxygens (including phenoxy) is 1. The molecule has 4 nitrogen and oxygen atoms in total. The molecule has 0 spiro atoms. The Morgan fingerprint density at radius 3 is 2.81 bits per heavy atom. The van der Waals surface area contributed by atoms with E-state index in [-0.39, 0.29) is 11.3 Å². The fourth-order valence-electron chi connectivity index (χ4n) is 3.73. The van der Waals surface area contributed by atoms with Crippen LogP contribution in [-0.2, 0) is 16.9 Å². The van der Waals surface area contributed by atoms with Gasteiger partial charge >= 0.3 is 0 Å². The summed E-state index contributed by atoms with van der Waals surface area (Å²) in [6.07, 6.45) is 5.58. The van der Waals surface area contributed by atoms with E-state index in [9.17, 15) is 5.11 Å². The summed E-state index contributed by atoms with van der Waals surface area (Å²) in [7, 11) is 1.66. The average Bonchev–Trinajstić information content (AvgIpc) is 2.77. The van der Waals surface area contributed by atoms with E-state index in [0.29, 0.717) is 18.2 Å². The van der Waals surface area contributed by atoms with Crippen LogP contribution in [0.3, 0.4) is 0 Å². The van der Waals surface area contributed by atoms with Gasteiger partial charge in [-0.2, -0.15) is 5.10 Å². The second-order valence-electron chi connectivity index (χ2n) is 7.15. The maximum atomic E-state index is 11.5. The van der Waals surface area contributed by atoms with Crippen LogP contribution in [0.5, 0.6) is 0 Å². The molecule has 2 rings (SSSR count). The van der Waals surface area contributed by atoms with Crippen LogP contribution in [0.25, 0.3) is 0 Å². The van der Waals surface area contributed by atoms with Crippen LogP contribution in [0.15, 0.2) is 6.20 Å². The largest absolute Gasteiger partial charge is 0.383 e. The van der Waals surface area contributed by atoms with Gasteiger partial charge in [0.25, 0.3) is 0 Å². The van der Waals surface area contributed by atoms with Crippen molar-refractivity contribution in [3.63, 3.8) is 0 Å². The summed E-state index contributed by atoms with van der Waals surface area (Å²) >= 11 is 6.38. The summed E-state index contributed by atoms with van der Waals surface area (Å²) in [6, 6.07) is 0. The first-order valence-corrected chi connectivity index (χ1v) is 8.11. The zero-order valence-electron chi connectivity index (χ0n) is 13.5. The first kappa shape index (κ1) is 16.8. The summed E-state index contributed by atoms with van der Waals surface area (Å²) in [6.45, 7) is 7.74. The van der Waals surface area contributed by atoms with Crippen molar-refractivity contribution < 1.29 is 9.84 Å². The van der Waals surface area contributed by atoms with Crippen molar-refractivity contribution in [2.75, 3.05) is 13.7 Å². The van der Waals surface area contributed by atoms with Gasteiger partial charge in [-0.1, -0.05) is 45.2 Å².